The maximum atomic E-state index is 13.2. The zero-order chi connectivity index (χ0) is 16.7. The minimum Gasteiger partial charge on any atom is -0.425 e. The number of aromatic nitrogens is 1. The number of ether oxygens (including phenoxy) is 1. The van der Waals surface area contributed by atoms with Gasteiger partial charge in [-0.1, -0.05) is 54.1 Å². The van der Waals surface area contributed by atoms with Crippen molar-refractivity contribution in [3.8, 4) is 5.75 Å². The van der Waals surface area contributed by atoms with Crippen LogP contribution in [0.15, 0.2) is 66.9 Å². The normalized spacial score (nSPS) is 19.0. The Bertz CT molecular complexity index is 878. The Balaban J connectivity index is 2.13. The average Bonchev–Trinajstić information content (AvgIpc) is 2.90. The minimum absolute atomic E-state index is 0.295. The number of benzene rings is 2. The molecule has 0 spiro atoms. The second kappa shape index (κ2) is 5.31. The van der Waals surface area contributed by atoms with Gasteiger partial charge < -0.3 is 4.74 Å². The van der Waals surface area contributed by atoms with E-state index in [0.29, 0.717) is 11.4 Å². The lowest BCUT2D eigenvalue weighted by Crippen LogP contribution is -2.37. The number of nitrogens with zero attached hydrogens (tertiary/aromatic N) is 1. The average molecular weight is 315 g/mol. The van der Waals surface area contributed by atoms with E-state index in [0.717, 1.165) is 22.3 Å². The van der Waals surface area contributed by atoms with Gasteiger partial charge in [-0.2, -0.15) is 0 Å². The van der Waals surface area contributed by atoms with Gasteiger partial charge in [-0.3, -0.25) is 4.98 Å². The van der Waals surface area contributed by atoms with Gasteiger partial charge in [0.25, 0.3) is 0 Å². The third kappa shape index (κ3) is 1.91. The number of rotatable bonds is 2. The largest absolute Gasteiger partial charge is 0.425 e. The quantitative estimate of drug-likeness (QED) is 0.531. The topological polar surface area (TPSA) is 39.2 Å². The van der Waals surface area contributed by atoms with E-state index in [1.165, 1.54) is 0 Å². The summed E-state index contributed by atoms with van der Waals surface area (Å²) in [7, 11) is 0. The van der Waals surface area contributed by atoms with Gasteiger partial charge in [0.1, 0.15) is 5.75 Å². The number of fused-ring (bicyclic) bond motifs is 1. The van der Waals surface area contributed by atoms with Crippen LogP contribution in [0, 0.1) is 13.8 Å². The molecule has 0 bridgehead atoms. The second-order valence-corrected chi connectivity index (χ2v) is 6.18. The molecule has 3 aromatic rings. The van der Waals surface area contributed by atoms with Gasteiger partial charge in [0.15, 0.2) is 5.41 Å². The zero-order valence-corrected chi connectivity index (χ0v) is 13.6. The smallest absolute Gasteiger partial charge is 0.332 e. The standard InChI is InChI=1S/C21H17NO2/c1-14-12-15(2)19-17(13-14)21(20(23)24-19,16-8-4-3-5-9-16)18-10-6-7-11-22-18/h3-13H,1-2H3. The number of aryl methyl sites for hydroxylation is 2. The summed E-state index contributed by atoms with van der Waals surface area (Å²) < 4.78 is 5.74. The van der Waals surface area contributed by atoms with E-state index >= 15 is 0 Å². The fourth-order valence-electron chi connectivity index (χ4n) is 3.58. The highest BCUT2D eigenvalue weighted by atomic mass is 16.5. The van der Waals surface area contributed by atoms with Crippen molar-refractivity contribution < 1.29 is 9.53 Å². The van der Waals surface area contributed by atoms with Crippen LogP contribution in [0.3, 0.4) is 0 Å². The van der Waals surface area contributed by atoms with Crippen LogP contribution in [0.25, 0.3) is 0 Å². The highest BCUT2D eigenvalue weighted by Gasteiger charge is 2.53. The van der Waals surface area contributed by atoms with Crippen LogP contribution in [-0.2, 0) is 10.2 Å². The molecule has 0 radical (unpaired) electrons. The number of hydrogen-bond donors (Lipinski definition) is 0. The van der Waals surface area contributed by atoms with Crippen LogP contribution in [0.4, 0.5) is 0 Å². The highest BCUT2D eigenvalue weighted by Crippen LogP contribution is 2.49. The summed E-state index contributed by atoms with van der Waals surface area (Å²) in [5.74, 6) is 0.358. The molecule has 2 aromatic carbocycles. The van der Waals surface area contributed by atoms with E-state index < -0.39 is 5.41 Å². The number of carbonyl (C=O) groups excluding carboxylic acids is 1. The summed E-state index contributed by atoms with van der Waals surface area (Å²) in [5, 5.41) is 0. The highest BCUT2D eigenvalue weighted by molar-refractivity contribution is 5.98. The summed E-state index contributed by atoms with van der Waals surface area (Å²) in [6.07, 6.45) is 1.72. The number of carbonyl (C=O) groups is 1. The van der Waals surface area contributed by atoms with E-state index in [1.54, 1.807) is 6.20 Å². The molecule has 1 aliphatic rings. The van der Waals surface area contributed by atoms with Crippen molar-refractivity contribution in [1.82, 2.24) is 4.98 Å². The molecule has 118 valence electrons. The van der Waals surface area contributed by atoms with Gasteiger partial charge in [-0.05, 0) is 37.1 Å². The summed E-state index contributed by atoms with van der Waals surface area (Å²) >= 11 is 0. The fourth-order valence-corrected chi connectivity index (χ4v) is 3.58. The van der Waals surface area contributed by atoms with Gasteiger partial charge >= 0.3 is 5.97 Å². The van der Waals surface area contributed by atoms with Gasteiger partial charge in [-0.25, -0.2) is 4.79 Å². The molecule has 1 atom stereocenters. The van der Waals surface area contributed by atoms with Gasteiger partial charge in [-0.15, -0.1) is 0 Å². The van der Waals surface area contributed by atoms with Crippen molar-refractivity contribution >= 4 is 5.97 Å². The Kier molecular flexibility index (Phi) is 3.24. The summed E-state index contributed by atoms with van der Waals surface area (Å²) in [5.41, 5.74) is 3.47. The second-order valence-electron chi connectivity index (χ2n) is 6.18. The maximum absolute atomic E-state index is 13.2. The molecule has 0 fully saturated rings. The zero-order valence-electron chi connectivity index (χ0n) is 13.6. The van der Waals surface area contributed by atoms with Gasteiger partial charge in [0.05, 0.1) is 5.69 Å². The molecule has 1 unspecified atom stereocenters. The van der Waals surface area contributed by atoms with E-state index in [-0.39, 0.29) is 5.97 Å². The van der Waals surface area contributed by atoms with Crippen LogP contribution < -0.4 is 4.74 Å². The third-order valence-electron chi connectivity index (χ3n) is 4.58. The summed E-state index contributed by atoms with van der Waals surface area (Å²) in [6.45, 7) is 4.00. The monoisotopic (exact) mass is 315 g/mol. The molecular formula is C21H17NO2. The number of esters is 1. The van der Waals surface area contributed by atoms with Crippen LogP contribution in [0.1, 0.15) is 27.9 Å². The van der Waals surface area contributed by atoms with Crippen molar-refractivity contribution in [3.05, 3.63) is 94.8 Å². The molecule has 0 saturated carbocycles. The van der Waals surface area contributed by atoms with Gasteiger partial charge in [0, 0.05) is 11.8 Å². The lowest BCUT2D eigenvalue weighted by Gasteiger charge is -2.26. The number of pyridine rings is 1. The number of hydrogen-bond acceptors (Lipinski definition) is 3. The van der Waals surface area contributed by atoms with E-state index in [2.05, 4.69) is 4.98 Å². The Hall–Kier alpha value is -2.94. The van der Waals surface area contributed by atoms with E-state index in [4.69, 9.17) is 4.74 Å². The van der Waals surface area contributed by atoms with Gasteiger partial charge in [0.2, 0.25) is 0 Å². The molecule has 0 N–H and O–H groups in total. The molecule has 0 aliphatic carbocycles. The Morgan fingerprint density at radius 2 is 1.71 bits per heavy atom. The molecule has 2 heterocycles. The van der Waals surface area contributed by atoms with Crippen molar-refractivity contribution in [2.75, 3.05) is 0 Å². The first kappa shape index (κ1) is 14.6. The predicted molar refractivity (Wildman–Crippen MR) is 92.1 cm³/mol. The molecule has 1 aliphatic heterocycles. The van der Waals surface area contributed by atoms with Crippen molar-refractivity contribution in [3.63, 3.8) is 0 Å². The van der Waals surface area contributed by atoms with Crippen LogP contribution in [0.5, 0.6) is 5.75 Å². The predicted octanol–water partition coefficient (Wildman–Crippen LogP) is 3.95. The van der Waals surface area contributed by atoms with Crippen LogP contribution in [-0.4, -0.2) is 11.0 Å². The molecule has 0 saturated heterocycles. The van der Waals surface area contributed by atoms with E-state index in [1.807, 2.05) is 74.5 Å². The summed E-state index contributed by atoms with van der Waals surface area (Å²) in [4.78, 5) is 17.7. The van der Waals surface area contributed by atoms with Crippen molar-refractivity contribution in [2.24, 2.45) is 0 Å². The Morgan fingerprint density at radius 3 is 2.42 bits per heavy atom. The first-order valence-electron chi connectivity index (χ1n) is 7.95. The SMILES string of the molecule is Cc1cc(C)c2c(c1)C(c1ccccc1)(c1ccccn1)C(=O)O2. The maximum Gasteiger partial charge on any atom is 0.332 e. The summed E-state index contributed by atoms with van der Waals surface area (Å²) in [6, 6.07) is 19.5. The van der Waals surface area contributed by atoms with E-state index in [9.17, 15) is 4.79 Å². The Morgan fingerprint density at radius 1 is 0.958 bits per heavy atom. The lowest BCUT2D eigenvalue weighted by molar-refractivity contribution is -0.135. The molecule has 0 amide bonds. The van der Waals surface area contributed by atoms with Crippen molar-refractivity contribution in [2.45, 2.75) is 19.3 Å². The minimum atomic E-state index is -1.02. The molecule has 3 nitrogen and oxygen atoms in total. The fraction of sp³-hybridized carbons (Fsp3) is 0.143. The molecular weight excluding hydrogens is 298 g/mol. The first-order valence-corrected chi connectivity index (χ1v) is 7.95. The van der Waals surface area contributed by atoms with Crippen LogP contribution in [0.2, 0.25) is 0 Å². The van der Waals surface area contributed by atoms with Crippen LogP contribution >= 0.6 is 0 Å². The van der Waals surface area contributed by atoms with Crippen molar-refractivity contribution in [1.29, 1.82) is 0 Å². The molecule has 24 heavy (non-hydrogen) atoms. The lowest BCUT2D eigenvalue weighted by atomic mass is 9.72. The first-order chi connectivity index (χ1) is 11.6. The molecule has 3 heteroatoms. The molecule has 4 rings (SSSR count). The Labute approximate surface area is 140 Å². The molecule has 1 aromatic heterocycles. The third-order valence-corrected chi connectivity index (χ3v) is 4.58.